The van der Waals surface area contributed by atoms with E-state index >= 15 is 0 Å². The van der Waals surface area contributed by atoms with E-state index in [1.807, 2.05) is 43.0 Å². The van der Waals surface area contributed by atoms with Crippen LogP contribution in [0.15, 0.2) is 62.9 Å². The number of hydrogen-bond acceptors (Lipinski definition) is 7. The number of anilines is 1. The Morgan fingerprint density at radius 3 is 2.36 bits per heavy atom. The van der Waals surface area contributed by atoms with E-state index in [0.717, 1.165) is 11.1 Å². The van der Waals surface area contributed by atoms with Gasteiger partial charge >= 0.3 is 0 Å². The highest BCUT2D eigenvalue weighted by Crippen LogP contribution is 2.35. The number of sulfone groups is 1. The van der Waals surface area contributed by atoms with Crippen molar-refractivity contribution in [2.45, 2.75) is 23.8 Å². The van der Waals surface area contributed by atoms with Gasteiger partial charge in [-0.3, -0.25) is 4.79 Å². The van der Waals surface area contributed by atoms with E-state index in [2.05, 4.69) is 4.98 Å². The van der Waals surface area contributed by atoms with Crippen molar-refractivity contribution in [3.05, 3.63) is 59.7 Å². The molecular formula is C24H27N3O5S. The number of aryl methyl sites for hydroxylation is 2. The summed E-state index contributed by atoms with van der Waals surface area (Å²) in [5.41, 5.74) is 2.68. The lowest BCUT2D eigenvalue weighted by Crippen LogP contribution is -2.49. The first-order valence-electron chi connectivity index (χ1n) is 10.7. The minimum atomic E-state index is -3.92. The van der Waals surface area contributed by atoms with Crippen LogP contribution < -0.4 is 4.90 Å². The van der Waals surface area contributed by atoms with Crippen LogP contribution in [0.25, 0.3) is 11.5 Å². The van der Waals surface area contributed by atoms with Gasteiger partial charge in [-0.15, -0.1) is 0 Å². The summed E-state index contributed by atoms with van der Waals surface area (Å²) in [5, 5.41) is -0.112. The van der Waals surface area contributed by atoms with Crippen molar-refractivity contribution in [2.75, 3.05) is 44.8 Å². The SMILES string of the molecule is COCC(=O)N1CCN(c2oc(-c3cccc(C)c3)nc2S(=O)(=O)c2ccc(C)cc2)CC1. The highest BCUT2D eigenvalue weighted by atomic mass is 32.2. The van der Waals surface area contributed by atoms with E-state index in [0.29, 0.717) is 31.7 Å². The molecule has 0 radical (unpaired) electrons. The number of ether oxygens (including phenoxy) is 1. The van der Waals surface area contributed by atoms with Crippen molar-refractivity contribution in [1.29, 1.82) is 0 Å². The van der Waals surface area contributed by atoms with Gasteiger partial charge in [-0.1, -0.05) is 35.4 Å². The maximum Gasteiger partial charge on any atom is 0.248 e. The zero-order valence-corrected chi connectivity index (χ0v) is 19.8. The highest BCUT2D eigenvalue weighted by Gasteiger charge is 2.33. The number of amides is 1. The fraction of sp³-hybridized carbons (Fsp3) is 0.333. The summed E-state index contributed by atoms with van der Waals surface area (Å²) < 4.78 is 38.1. The molecule has 2 heterocycles. The molecular weight excluding hydrogens is 442 g/mol. The van der Waals surface area contributed by atoms with Crippen LogP contribution in [0.3, 0.4) is 0 Å². The second-order valence-corrected chi connectivity index (χ2v) is 9.98. The number of aromatic nitrogens is 1. The third-order valence-electron chi connectivity index (χ3n) is 5.62. The molecule has 0 bridgehead atoms. The van der Waals surface area contributed by atoms with E-state index in [-0.39, 0.29) is 34.2 Å². The average molecular weight is 470 g/mol. The maximum atomic E-state index is 13.5. The molecule has 1 aliphatic rings. The number of oxazole rings is 1. The lowest BCUT2D eigenvalue weighted by Gasteiger charge is -2.34. The van der Waals surface area contributed by atoms with E-state index in [1.54, 1.807) is 29.2 Å². The standard InChI is InChI=1S/C24H27N3O5S/c1-17-7-9-20(10-8-17)33(29,30)23-24(27-13-11-26(12-14-27)21(28)16-31-3)32-22(25-23)19-6-4-5-18(2)15-19/h4-10,15H,11-14,16H2,1-3H3. The summed E-state index contributed by atoms with van der Waals surface area (Å²) in [6.45, 7) is 5.60. The first kappa shape index (κ1) is 23.0. The van der Waals surface area contributed by atoms with Gasteiger partial charge in [-0.05, 0) is 38.1 Å². The van der Waals surface area contributed by atoms with Crippen LogP contribution in [0.5, 0.6) is 0 Å². The zero-order valence-electron chi connectivity index (χ0n) is 18.9. The normalized spacial score (nSPS) is 14.5. The fourth-order valence-electron chi connectivity index (χ4n) is 3.78. The van der Waals surface area contributed by atoms with Crippen molar-refractivity contribution in [3.63, 3.8) is 0 Å². The molecule has 1 amide bonds. The summed E-state index contributed by atoms with van der Waals surface area (Å²) >= 11 is 0. The van der Waals surface area contributed by atoms with E-state index in [4.69, 9.17) is 9.15 Å². The summed E-state index contributed by atoms with van der Waals surface area (Å²) in [4.78, 5) is 20.3. The molecule has 3 aromatic rings. The van der Waals surface area contributed by atoms with E-state index in [1.165, 1.54) is 7.11 Å². The van der Waals surface area contributed by atoms with Crippen LogP contribution in [0.2, 0.25) is 0 Å². The quantitative estimate of drug-likeness (QED) is 0.548. The van der Waals surface area contributed by atoms with Crippen molar-refractivity contribution in [2.24, 2.45) is 0 Å². The zero-order chi connectivity index (χ0) is 23.6. The Morgan fingerprint density at radius 2 is 1.73 bits per heavy atom. The Bertz CT molecular complexity index is 1240. The number of methoxy groups -OCH3 is 1. The number of hydrogen-bond donors (Lipinski definition) is 0. The second-order valence-electron chi connectivity index (χ2n) is 8.12. The molecule has 2 aromatic carbocycles. The number of rotatable bonds is 6. The van der Waals surface area contributed by atoms with Gasteiger partial charge in [0.25, 0.3) is 0 Å². The molecule has 1 aliphatic heterocycles. The van der Waals surface area contributed by atoms with Gasteiger partial charge in [0.15, 0.2) is 0 Å². The lowest BCUT2D eigenvalue weighted by molar-refractivity contribution is -0.135. The Hall–Kier alpha value is -3.17. The van der Waals surface area contributed by atoms with Crippen LogP contribution in [0.4, 0.5) is 5.88 Å². The second kappa shape index (κ2) is 9.36. The van der Waals surface area contributed by atoms with E-state index in [9.17, 15) is 13.2 Å². The van der Waals surface area contributed by atoms with Crippen LogP contribution in [-0.4, -0.2) is 64.1 Å². The maximum absolute atomic E-state index is 13.5. The Balaban J connectivity index is 1.73. The first-order chi connectivity index (χ1) is 15.8. The minimum Gasteiger partial charge on any atom is -0.419 e. The van der Waals surface area contributed by atoms with Gasteiger partial charge < -0.3 is 19.0 Å². The van der Waals surface area contributed by atoms with Crippen molar-refractivity contribution in [3.8, 4) is 11.5 Å². The topological polar surface area (TPSA) is 92.9 Å². The van der Waals surface area contributed by atoms with Gasteiger partial charge in [-0.25, -0.2) is 8.42 Å². The largest absolute Gasteiger partial charge is 0.419 e. The molecule has 174 valence electrons. The molecule has 8 nitrogen and oxygen atoms in total. The third-order valence-corrected chi connectivity index (χ3v) is 7.29. The molecule has 0 aliphatic carbocycles. The van der Waals surface area contributed by atoms with Gasteiger partial charge in [0.2, 0.25) is 32.5 Å². The predicted molar refractivity (Wildman–Crippen MR) is 124 cm³/mol. The summed E-state index contributed by atoms with van der Waals surface area (Å²) in [6, 6.07) is 14.2. The minimum absolute atomic E-state index is 0.0207. The Labute approximate surface area is 193 Å². The molecule has 1 aromatic heterocycles. The molecule has 0 atom stereocenters. The summed E-state index contributed by atoms with van der Waals surface area (Å²) in [6.07, 6.45) is 0. The van der Waals surface area contributed by atoms with Gasteiger partial charge in [-0.2, -0.15) is 4.98 Å². The Kier molecular flexibility index (Phi) is 6.53. The number of benzene rings is 2. The van der Waals surface area contributed by atoms with Crippen molar-refractivity contribution in [1.82, 2.24) is 9.88 Å². The molecule has 0 saturated carbocycles. The molecule has 9 heteroatoms. The number of nitrogens with zero attached hydrogens (tertiary/aromatic N) is 3. The number of carbonyl (C=O) groups excluding carboxylic acids is 1. The molecule has 1 fully saturated rings. The van der Waals surface area contributed by atoms with Gasteiger partial charge in [0.1, 0.15) is 6.61 Å². The average Bonchev–Trinajstić information content (AvgIpc) is 3.26. The van der Waals surface area contributed by atoms with Crippen molar-refractivity contribution >= 4 is 21.6 Å². The first-order valence-corrected chi connectivity index (χ1v) is 12.2. The van der Waals surface area contributed by atoms with Crippen LogP contribution in [0.1, 0.15) is 11.1 Å². The summed E-state index contributed by atoms with van der Waals surface area (Å²) in [7, 11) is -2.43. The molecule has 4 rings (SSSR count). The third kappa shape index (κ3) is 4.79. The highest BCUT2D eigenvalue weighted by molar-refractivity contribution is 7.91. The van der Waals surface area contributed by atoms with Gasteiger partial charge in [0, 0.05) is 38.9 Å². The van der Waals surface area contributed by atoms with Crippen LogP contribution in [-0.2, 0) is 19.4 Å². The van der Waals surface area contributed by atoms with E-state index < -0.39 is 9.84 Å². The smallest absolute Gasteiger partial charge is 0.248 e. The molecule has 33 heavy (non-hydrogen) atoms. The number of piperazine rings is 1. The number of carbonyl (C=O) groups is 1. The summed E-state index contributed by atoms with van der Waals surface area (Å²) in [5.74, 6) is 0.353. The molecule has 0 spiro atoms. The molecule has 0 unspecified atom stereocenters. The van der Waals surface area contributed by atoms with Crippen LogP contribution >= 0.6 is 0 Å². The molecule has 1 saturated heterocycles. The van der Waals surface area contributed by atoms with Crippen molar-refractivity contribution < 1.29 is 22.4 Å². The van der Waals surface area contributed by atoms with Gasteiger partial charge in [0.05, 0.1) is 4.90 Å². The fourth-order valence-corrected chi connectivity index (χ4v) is 5.10. The monoisotopic (exact) mass is 469 g/mol. The Morgan fingerprint density at radius 1 is 1.03 bits per heavy atom. The lowest BCUT2D eigenvalue weighted by atomic mass is 10.1. The predicted octanol–water partition coefficient (Wildman–Crippen LogP) is 3.09. The van der Waals surface area contributed by atoms with Crippen LogP contribution in [0, 0.1) is 13.8 Å². The molecule has 0 N–H and O–H groups in total.